The maximum absolute atomic E-state index is 14.1. The summed E-state index contributed by atoms with van der Waals surface area (Å²) in [6.07, 6.45) is 17.5. The first-order chi connectivity index (χ1) is 45.8. The Morgan fingerprint density at radius 3 is 1.56 bits per heavy atom. The predicted octanol–water partition coefficient (Wildman–Crippen LogP) is 14.4. The van der Waals surface area contributed by atoms with Gasteiger partial charge < -0.3 is 51.4 Å². The first-order valence-electron chi connectivity index (χ1n) is 33.1. The molecule has 0 bridgehead atoms. The van der Waals surface area contributed by atoms with E-state index >= 15 is 0 Å². The Hall–Kier alpha value is -9.08. The number of rotatable bonds is 27. The number of ether oxygens (including phenoxy) is 3. The molecule has 4 aromatic rings. The lowest BCUT2D eigenvalue weighted by molar-refractivity contribution is -0.141. The van der Waals surface area contributed by atoms with Crippen LogP contribution in [0, 0.1) is 24.5 Å². The number of methoxy groups -OCH3 is 3. The van der Waals surface area contributed by atoms with Crippen molar-refractivity contribution in [2.75, 3.05) is 50.9 Å². The molecule has 7 amide bonds. The van der Waals surface area contributed by atoms with Crippen molar-refractivity contribution in [3.63, 3.8) is 0 Å². The van der Waals surface area contributed by atoms with Crippen LogP contribution in [0.15, 0.2) is 108 Å². The number of allylic oxidation sites excluding steroid dienone is 1. The van der Waals surface area contributed by atoms with E-state index in [1.807, 2.05) is 60.6 Å². The Morgan fingerprint density at radius 2 is 1.05 bits per heavy atom. The lowest BCUT2D eigenvalue weighted by atomic mass is 9.79. The van der Waals surface area contributed by atoms with Gasteiger partial charge in [0.2, 0.25) is 35.4 Å². The van der Waals surface area contributed by atoms with E-state index in [0.717, 1.165) is 86.2 Å². The summed E-state index contributed by atoms with van der Waals surface area (Å²) in [5, 5.41) is 18.5. The van der Waals surface area contributed by atoms with Crippen LogP contribution in [-0.2, 0) is 57.4 Å². The maximum Gasteiger partial charge on any atom is 0.335 e. The topological polar surface area (TPSA) is 283 Å². The van der Waals surface area contributed by atoms with Crippen LogP contribution in [0.1, 0.15) is 212 Å². The van der Waals surface area contributed by atoms with Crippen LogP contribution in [-0.4, -0.2) is 94.2 Å². The number of nitrogens with one attached hydrogen (secondary N) is 7. The molecular formula is C74H107F2N7O13. The molecule has 7 N–H and O–H groups in total. The number of hydrogen-bond acceptors (Lipinski definition) is 13. The minimum absolute atomic E-state index is 0.0705. The fourth-order valence-corrected chi connectivity index (χ4v) is 8.85. The highest BCUT2D eigenvalue weighted by atomic mass is 19.1. The van der Waals surface area contributed by atoms with Gasteiger partial charge in [-0.3, -0.25) is 38.4 Å². The lowest BCUT2D eigenvalue weighted by Gasteiger charge is -2.26. The highest BCUT2D eigenvalue weighted by Crippen LogP contribution is 2.36. The van der Waals surface area contributed by atoms with Crippen molar-refractivity contribution in [1.82, 2.24) is 21.3 Å². The standard InChI is InChI=1S/C17H17F2NO.C17H25NO.C12H16N2O2.C10H17NO3.C10H19NO3.C8H13NO3/c1-3-4-16(21)20-13-9-14(18)17(15(19)10-13)12-7-5-11(2)6-8-12;1-3-4-17(19)18-16-11-9-15(10-12-16)14-7-5-13(2)6-8-14;1-3-6-11(15)14-10-8-5-4-7-9(10)12(16)13-2;1-5-6-9(12)11-8(3)7(2)10(13)14-4;1-3-6-9(12)11-8-5-4-7-10(13)14-2;1-3-4-7(10)9-6-5-8(11)12-2/h5-10H,3-4H2,1-2H3,(H,20,21);9-14H,3-8H2,1-2H3,(H,18,19);4-5,7-8H,3,6H2,1-2H3,(H,13,16)(H,14,15);5-6H2,1-4H3,(H,11,12);3-8H2,1-2H3,(H,11,12);5-6H,3-4H2,1-2H3,(H,9,10)/b;;;8-7+;;6-5+. The maximum atomic E-state index is 14.1. The van der Waals surface area contributed by atoms with E-state index in [2.05, 4.69) is 70.5 Å². The minimum Gasteiger partial charge on any atom is -0.469 e. The Bertz CT molecular complexity index is 3070. The van der Waals surface area contributed by atoms with E-state index in [-0.39, 0.29) is 58.6 Å². The third-order valence-electron chi connectivity index (χ3n) is 14.3. The van der Waals surface area contributed by atoms with Gasteiger partial charge in [-0.25, -0.2) is 18.4 Å². The molecule has 0 unspecified atom stereocenters. The average molecular weight is 1340 g/mol. The number of benzene rings is 4. The Morgan fingerprint density at radius 1 is 0.552 bits per heavy atom. The van der Waals surface area contributed by atoms with E-state index in [0.29, 0.717) is 86.0 Å². The SMILES string of the molecule is CCCC(=O)N/C(C)=C(\C)C(=O)OC.CCCC(=O)N/C=C/C(=O)OC.CCCC(=O)NCCCCC(=O)OC.CCCC(=O)Nc1cc(F)c(-c2ccc(C)cc2)c(F)c1.CCCC(=O)Nc1ccc(C2CCC(C)CC2)cc1.CCCC(=O)Nc1ccccc1C(=O)NC. The predicted molar refractivity (Wildman–Crippen MR) is 375 cm³/mol. The first kappa shape index (κ1) is 86.9. The smallest absolute Gasteiger partial charge is 0.335 e. The van der Waals surface area contributed by atoms with Crippen LogP contribution >= 0.6 is 0 Å². The molecule has 0 aliphatic heterocycles. The van der Waals surface area contributed by atoms with Gasteiger partial charge in [0.15, 0.2) is 0 Å². The summed E-state index contributed by atoms with van der Waals surface area (Å²) in [5.41, 5.74) is 5.92. The van der Waals surface area contributed by atoms with Crippen molar-refractivity contribution in [3.05, 3.63) is 137 Å². The number of halogens is 2. The van der Waals surface area contributed by atoms with E-state index in [4.69, 9.17) is 0 Å². The monoisotopic (exact) mass is 1340 g/mol. The van der Waals surface area contributed by atoms with Crippen molar-refractivity contribution in [2.45, 2.75) is 197 Å². The molecule has 96 heavy (non-hydrogen) atoms. The second kappa shape index (κ2) is 52.2. The Kier molecular flexibility index (Phi) is 47.3. The van der Waals surface area contributed by atoms with E-state index in [9.17, 15) is 56.7 Å². The number of carbonyl (C=O) groups excluding carboxylic acids is 10. The molecule has 20 nitrogen and oxygen atoms in total. The molecule has 1 fully saturated rings. The summed E-state index contributed by atoms with van der Waals surface area (Å²) < 4.78 is 41.6. The van der Waals surface area contributed by atoms with Gasteiger partial charge in [0.05, 0.1) is 43.7 Å². The third-order valence-corrected chi connectivity index (χ3v) is 14.3. The summed E-state index contributed by atoms with van der Waals surface area (Å²) in [4.78, 5) is 111. The Balaban J connectivity index is 0.00000114. The molecule has 5 rings (SSSR count). The van der Waals surface area contributed by atoms with E-state index in [1.54, 1.807) is 69.4 Å². The zero-order valence-corrected chi connectivity index (χ0v) is 59.1. The van der Waals surface area contributed by atoms with Gasteiger partial charge >= 0.3 is 17.9 Å². The highest BCUT2D eigenvalue weighted by Gasteiger charge is 2.20. The summed E-state index contributed by atoms with van der Waals surface area (Å²) >= 11 is 0. The molecule has 4 aromatic carbocycles. The molecule has 0 radical (unpaired) electrons. The Labute approximate surface area is 568 Å². The summed E-state index contributed by atoms with van der Waals surface area (Å²) in [6, 6.07) is 24.6. The van der Waals surface area contributed by atoms with Crippen LogP contribution in [0.5, 0.6) is 0 Å². The number of hydrogen-bond donors (Lipinski definition) is 7. The van der Waals surface area contributed by atoms with Crippen molar-refractivity contribution in [3.8, 4) is 11.1 Å². The van der Waals surface area contributed by atoms with Crippen molar-refractivity contribution >= 4 is 76.3 Å². The molecule has 0 aromatic heterocycles. The number of anilines is 3. The normalized spacial score (nSPS) is 12.8. The second-order valence-electron chi connectivity index (χ2n) is 22.6. The van der Waals surface area contributed by atoms with Gasteiger partial charge in [0.25, 0.3) is 5.91 Å². The number of aryl methyl sites for hydroxylation is 1. The third kappa shape index (κ3) is 38.9. The molecule has 0 atom stereocenters. The van der Waals surface area contributed by atoms with Crippen LogP contribution in [0.4, 0.5) is 25.8 Å². The molecule has 1 aliphatic rings. The van der Waals surface area contributed by atoms with E-state index < -0.39 is 23.6 Å². The van der Waals surface area contributed by atoms with Gasteiger partial charge in [0.1, 0.15) is 11.6 Å². The van der Waals surface area contributed by atoms with E-state index in [1.165, 1.54) is 58.8 Å². The molecular weight excluding hydrogens is 1230 g/mol. The molecule has 22 heteroatoms. The fourth-order valence-electron chi connectivity index (χ4n) is 8.85. The molecule has 0 heterocycles. The highest BCUT2D eigenvalue weighted by molar-refractivity contribution is 6.03. The largest absolute Gasteiger partial charge is 0.469 e. The molecule has 1 saturated carbocycles. The van der Waals surface area contributed by atoms with Crippen LogP contribution in [0.3, 0.4) is 0 Å². The molecule has 530 valence electrons. The van der Waals surface area contributed by atoms with Crippen LogP contribution in [0.2, 0.25) is 0 Å². The number of para-hydroxylation sites is 1. The van der Waals surface area contributed by atoms with Crippen LogP contribution < -0.4 is 37.2 Å². The molecule has 0 spiro atoms. The van der Waals surface area contributed by atoms with Crippen molar-refractivity contribution in [2.24, 2.45) is 5.92 Å². The molecule has 1 aliphatic carbocycles. The summed E-state index contributed by atoms with van der Waals surface area (Å²) in [7, 11) is 5.53. The van der Waals surface area contributed by atoms with Crippen molar-refractivity contribution < 1.29 is 70.9 Å². The van der Waals surface area contributed by atoms with Gasteiger partial charge in [-0.2, -0.15) is 0 Å². The average Bonchev–Trinajstić information content (AvgIpc) is 0.827. The number of carbonyl (C=O) groups is 10. The van der Waals surface area contributed by atoms with Gasteiger partial charge in [-0.05, 0) is 144 Å². The molecule has 0 saturated heterocycles. The van der Waals surface area contributed by atoms with Gasteiger partial charge in [-0.15, -0.1) is 0 Å². The van der Waals surface area contributed by atoms with Gasteiger partial charge in [0, 0.05) is 87.9 Å². The summed E-state index contributed by atoms with van der Waals surface area (Å²) in [6.45, 7) is 19.8. The van der Waals surface area contributed by atoms with Crippen molar-refractivity contribution in [1.29, 1.82) is 0 Å². The zero-order chi connectivity index (χ0) is 72.4. The number of esters is 3. The lowest BCUT2D eigenvalue weighted by Crippen LogP contribution is -2.23. The van der Waals surface area contributed by atoms with Gasteiger partial charge in [-0.1, -0.05) is 115 Å². The summed E-state index contributed by atoms with van der Waals surface area (Å²) in [5.74, 6) is -1.35. The number of amides is 7. The fraction of sp³-hybridized carbons (Fsp3) is 0.486. The number of unbranched alkanes of at least 4 members (excludes halogenated alkanes) is 1. The first-order valence-corrected chi connectivity index (χ1v) is 33.1. The second-order valence-corrected chi connectivity index (χ2v) is 22.6. The zero-order valence-electron chi connectivity index (χ0n) is 59.1. The van der Waals surface area contributed by atoms with Crippen LogP contribution in [0.25, 0.3) is 11.1 Å². The minimum atomic E-state index is -0.689. The quantitative estimate of drug-likeness (QED) is 0.0127.